The van der Waals surface area contributed by atoms with Crippen molar-refractivity contribution in [3.63, 3.8) is 0 Å². The number of fused-ring (bicyclic) bond motifs is 1. The second-order valence-electron chi connectivity index (χ2n) is 5.61. The number of halogens is 1. The number of aromatic nitrogens is 3. The van der Waals surface area contributed by atoms with Crippen molar-refractivity contribution in [1.82, 2.24) is 14.6 Å². The topological polar surface area (TPSA) is 42.2 Å². The molecule has 0 aliphatic rings. The zero-order valence-corrected chi connectivity index (χ0v) is 13.1. The Kier molecular flexibility index (Phi) is 3.46. The van der Waals surface area contributed by atoms with Gasteiger partial charge in [0, 0.05) is 17.4 Å². The molecular weight excluding hydrogens is 303 g/mol. The summed E-state index contributed by atoms with van der Waals surface area (Å²) < 4.78 is 15.1. The van der Waals surface area contributed by atoms with E-state index in [0.717, 1.165) is 28.0 Å². The standard InChI is InChI=1S/C19H15FN4/c1-13-5-2-3-8-17(13)21-19-22-18-10-9-15(12-24(18)23-19)14-6-4-7-16(20)11-14/h2-12H,1H3,(H,21,23). The van der Waals surface area contributed by atoms with E-state index in [4.69, 9.17) is 0 Å². The summed E-state index contributed by atoms with van der Waals surface area (Å²) in [7, 11) is 0. The SMILES string of the molecule is Cc1ccccc1Nc1nc2ccc(-c3cccc(F)c3)cn2n1. The Morgan fingerprint density at radius 2 is 1.83 bits per heavy atom. The van der Waals surface area contributed by atoms with Crippen molar-refractivity contribution < 1.29 is 4.39 Å². The van der Waals surface area contributed by atoms with E-state index in [2.05, 4.69) is 15.4 Å². The van der Waals surface area contributed by atoms with Crippen LogP contribution in [0.25, 0.3) is 16.8 Å². The third-order valence-corrected chi connectivity index (χ3v) is 3.88. The van der Waals surface area contributed by atoms with Crippen LogP contribution in [0.2, 0.25) is 0 Å². The van der Waals surface area contributed by atoms with E-state index in [0.29, 0.717) is 5.95 Å². The molecule has 118 valence electrons. The van der Waals surface area contributed by atoms with E-state index in [-0.39, 0.29) is 5.82 Å². The van der Waals surface area contributed by atoms with E-state index in [1.54, 1.807) is 10.6 Å². The van der Waals surface area contributed by atoms with E-state index in [9.17, 15) is 4.39 Å². The van der Waals surface area contributed by atoms with Gasteiger partial charge in [0.2, 0.25) is 5.95 Å². The van der Waals surface area contributed by atoms with Crippen molar-refractivity contribution in [1.29, 1.82) is 0 Å². The van der Waals surface area contributed by atoms with Gasteiger partial charge in [0.05, 0.1) is 0 Å². The summed E-state index contributed by atoms with van der Waals surface area (Å²) in [6.45, 7) is 2.03. The normalized spacial score (nSPS) is 10.9. The van der Waals surface area contributed by atoms with Crippen LogP contribution in [0.15, 0.2) is 66.9 Å². The first-order chi connectivity index (χ1) is 11.7. The lowest BCUT2D eigenvalue weighted by molar-refractivity contribution is 0.628. The van der Waals surface area contributed by atoms with Crippen LogP contribution < -0.4 is 5.32 Å². The second-order valence-corrected chi connectivity index (χ2v) is 5.61. The molecule has 24 heavy (non-hydrogen) atoms. The summed E-state index contributed by atoms with van der Waals surface area (Å²) >= 11 is 0. The van der Waals surface area contributed by atoms with Gasteiger partial charge in [-0.3, -0.25) is 0 Å². The molecule has 0 fully saturated rings. The minimum absolute atomic E-state index is 0.256. The van der Waals surface area contributed by atoms with Crippen LogP contribution in [0.3, 0.4) is 0 Å². The lowest BCUT2D eigenvalue weighted by Crippen LogP contribution is -1.95. The van der Waals surface area contributed by atoms with Crippen LogP contribution in [-0.4, -0.2) is 14.6 Å². The van der Waals surface area contributed by atoms with Crippen LogP contribution in [-0.2, 0) is 0 Å². The Labute approximate surface area is 138 Å². The van der Waals surface area contributed by atoms with Gasteiger partial charge in [0.1, 0.15) is 5.82 Å². The summed E-state index contributed by atoms with van der Waals surface area (Å²) in [5, 5.41) is 7.69. The highest BCUT2D eigenvalue weighted by atomic mass is 19.1. The summed E-state index contributed by atoms with van der Waals surface area (Å²) in [5.41, 5.74) is 4.51. The molecule has 4 nitrogen and oxygen atoms in total. The highest BCUT2D eigenvalue weighted by Crippen LogP contribution is 2.22. The maximum Gasteiger partial charge on any atom is 0.247 e. The molecule has 0 aliphatic heterocycles. The zero-order chi connectivity index (χ0) is 16.5. The van der Waals surface area contributed by atoms with Gasteiger partial charge in [-0.15, -0.1) is 5.10 Å². The molecule has 0 bridgehead atoms. The van der Waals surface area contributed by atoms with Crippen LogP contribution in [0.5, 0.6) is 0 Å². The smallest absolute Gasteiger partial charge is 0.247 e. The average molecular weight is 318 g/mol. The van der Waals surface area contributed by atoms with Crippen molar-refractivity contribution in [3.05, 3.63) is 78.2 Å². The molecule has 0 saturated heterocycles. The molecule has 0 aliphatic carbocycles. The number of pyridine rings is 1. The third kappa shape index (κ3) is 2.72. The van der Waals surface area contributed by atoms with Gasteiger partial charge in [0.25, 0.3) is 0 Å². The van der Waals surface area contributed by atoms with Crippen LogP contribution in [0.1, 0.15) is 5.56 Å². The Balaban J connectivity index is 1.70. The van der Waals surface area contributed by atoms with E-state index >= 15 is 0 Å². The maximum absolute atomic E-state index is 13.4. The fraction of sp³-hybridized carbons (Fsp3) is 0.0526. The molecular formula is C19H15FN4. The predicted molar refractivity (Wildman–Crippen MR) is 92.8 cm³/mol. The Bertz CT molecular complexity index is 1020. The lowest BCUT2D eigenvalue weighted by atomic mass is 10.1. The number of para-hydroxylation sites is 1. The molecule has 4 aromatic rings. The Hall–Kier alpha value is -3.21. The zero-order valence-electron chi connectivity index (χ0n) is 13.1. The van der Waals surface area contributed by atoms with Gasteiger partial charge in [0.15, 0.2) is 5.65 Å². The first kappa shape index (κ1) is 14.4. The predicted octanol–water partition coefficient (Wildman–Crippen LogP) is 4.59. The number of hydrogen-bond donors (Lipinski definition) is 1. The number of aryl methyl sites for hydroxylation is 1. The van der Waals surface area contributed by atoms with Gasteiger partial charge >= 0.3 is 0 Å². The van der Waals surface area contributed by atoms with E-state index in [1.165, 1.54) is 12.1 Å². The average Bonchev–Trinajstić information content (AvgIpc) is 2.98. The molecule has 0 radical (unpaired) electrons. The van der Waals surface area contributed by atoms with E-state index in [1.807, 2.05) is 55.6 Å². The van der Waals surface area contributed by atoms with Gasteiger partial charge in [-0.1, -0.05) is 30.3 Å². The molecule has 2 heterocycles. The largest absolute Gasteiger partial charge is 0.323 e. The quantitative estimate of drug-likeness (QED) is 0.601. The van der Waals surface area contributed by atoms with Crippen molar-refractivity contribution in [2.45, 2.75) is 6.92 Å². The molecule has 2 aromatic carbocycles. The molecule has 5 heteroatoms. The number of anilines is 2. The Morgan fingerprint density at radius 1 is 0.958 bits per heavy atom. The summed E-state index contributed by atoms with van der Waals surface area (Å²) in [5.74, 6) is 0.272. The molecule has 0 saturated carbocycles. The van der Waals surface area contributed by atoms with Gasteiger partial charge in [-0.2, -0.15) is 4.98 Å². The van der Waals surface area contributed by atoms with Gasteiger partial charge in [-0.25, -0.2) is 8.91 Å². The van der Waals surface area contributed by atoms with Crippen molar-refractivity contribution >= 4 is 17.3 Å². The molecule has 4 rings (SSSR count). The minimum Gasteiger partial charge on any atom is -0.323 e. The molecule has 0 amide bonds. The van der Waals surface area contributed by atoms with Gasteiger partial charge < -0.3 is 5.32 Å². The van der Waals surface area contributed by atoms with Crippen LogP contribution >= 0.6 is 0 Å². The molecule has 0 spiro atoms. The molecule has 0 unspecified atom stereocenters. The van der Waals surface area contributed by atoms with Crippen LogP contribution in [0.4, 0.5) is 16.0 Å². The number of nitrogens with one attached hydrogen (secondary N) is 1. The molecule has 0 atom stereocenters. The third-order valence-electron chi connectivity index (χ3n) is 3.88. The highest BCUT2D eigenvalue weighted by molar-refractivity contribution is 5.65. The fourth-order valence-electron chi connectivity index (χ4n) is 2.61. The number of rotatable bonds is 3. The number of benzene rings is 2. The summed E-state index contributed by atoms with van der Waals surface area (Å²) in [6.07, 6.45) is 1.85. The highest BCUT2D eigenvalue weighted by Gasteiger charge is 2.07. The molecule has 1 N–H and O–H groups in total. The van der Waals surface area contributed by atoms with Gasteiger partial charge in [-0.05, 0) is 48.4 Å². The monoisotopic (exact) mass is 318 g/mol. The second kappa shape index (κ2) is 5.77. The molecule has 2 aromatic heterocycles. The summed E-state index contributed by atoms with van der Waals surface area (Å²) in [6, 6.07) is 18.3. The first-order valence-electron chi connectivity index (χ1n) is 7.64. The fourth-order valence-corrected chi connectivity index (χ4v) is 2.61. The number of nitrogens with zero attached hydrogens (tertiary/aromatic N) is 3. The van der Waals surface area contributed by atoms with Crippen LogP contribution in [0, 0.1) is 12.7 Å². The van der Waals surface area contributed by atoms with Crippen molar-refractivity contribution in [3.8, 4) is 11.1 Å². The first-order valence-corrected chi connectivity index (χ1v) is 7.64. The maximum atomic E-state index is 13.4. The van der Waals surface area contributed by atoms with E-state index < -0.39 is 0 Å². The Morgan fingerprint density at radius 3 is 2.67 bits per heavy atom. The minimum atomic E-state index is -0.256. The lowest BCUT2D eigenvalue weighted by Gasteiger charge is -2.04. The van der Waals surface area contributed by atoms with Crippen molar-refractivity contribution in [2.75, 3.05) is 5.32 Å². The summed E-state index contributed by atoms with van der Waals surface area (Å²) in [4.78, 5) is 4.47. The van der Waals surface area contributed by atoms with Crippen molar-refractivity contribution in [2.24, 2.45) is 0 Å². The number of hydrogen-bond acceptors (Lipinski definition) is 3.